The van der Waals surface area contributed by atoms with Crippen LogP contribution in [0.5, 0.6) is 0 Å². The Morgan fingerprint density at radius 3 is 2.82 bits per heavy atom. The number of nitrogens with two attached hydrogens (primary N) is 1. The quantitative estimate of drug-likeness (QED) is 0.757. The molecule has 2 heteroatoms. The zero-order valence-corrected chi connectivity index (χ0v) is 11.2. The van der Waals surface area contributed by atoms with Gasteiger partial charge in [0.25, 0.3) is 0 Å². The third-order valence-electron chi connectivity index (χ3n) is 3.83. The molecule has 1 unspecified atom stereocenters. The molecule has 0 bridgehead atoms. The molecular weight excluding hydrogens is 208 g/mol. The van der Waals surface area contributed by atoms with E-state index in [1.165, 1.54) is 36.9 Å². The van der Waals surface area contributed by atoms with Gasteiger partial charge in [0.1, 0.15) is 0 Å². The minimum absolute atomic E-state index is 0.476. The average molecular weight is 232 g/mol. The van der Waals surface area contributed by atoms with E-state index < -0.39 is 0 Å². The first-order valence-corrected chi connectivity index (χ1v) is 6.59. The number of nitrogen functional groups attached to an aromatic ring is 1. The zero-order valence-electron chi connectivity index (χ0n) is 11.2. The number of hydrogen-bond acceptors (Lipinski definition) is 2. The van der Waals surface area contributed by atoms with Crippen LogP contribution in [0.4, 0.5) is 11.4 Å². The SMILES string of the molecule is Cc1ccc(N)cc1NC1CCCC(C)(C)C1. The number of hydrogen-bond donors (Lipinski definition) is 2. The first kappa shape index (κ1) is 12.3. The molecule has 0 saturated heterocycles. The largest absolute Gasteiger partial charge is 0.399 e. The van der Waals surface area contributed by atoms with Crippen molar-refractivity contribution in [2.75, 3.05) is 11.1 Å². The van der Waals surface area contributed by atoms with E-state index in [0.717, 1.165) is 5.69 Å². The number of rotatable bonds is 2. The molecule has 94 valence electrons. The molecular formula is C15H24N2. The molecule has 17 heavy (non-hydrogen) atoms. The van der Waals surface area contributed by atoms with Gasteiger partial charge < -0.3 is 11.1 Å². The van der Waals surface area contributed by atoms with Crippen LogP contribution < -0.4 is 11.1 Å². The van der Waals surface area contributed by atoms with Gasteiger partial charge in [-0.25, -0.2) is 0 Å². The fraction of sp³-hybridized carbons (Fsp3) is 0.600. The summed E-state index contributed by atoms with van der Waals surface area (Å²) in [6.45, 7) is 6.87. The van der Waals surface area contributed by atoms with E-state index in [9.17, 15) is 0 Å². The molecule has 1 aliphatic carbocycles. The lowest BCUT2D eigenvalue weighted by molar-refractivity contribution is 0.229. The highest BCUT2D eigenvalue weighted by Gasteiger charge is 2.27. The van der Waals surface area contributed by atoms with Gasteiger partial charge in [0.15, 0.2) is 0 Å². The second kappa shape index (κ2) is 4.59. The Morgan fingerprint density at radius 1 is 1.35 bits per heavy atom. The molecule has 0 radical (unpaired) electrons. The maximum atomic E-state index is 5.85. The van der Waals surface area contributed by atoms with Gasteiger partial charge in [0.05, 0.1) is 0 Å². The molecule has 1 aromatic carbocycles. The van der Waals surface area contributed by atoms with Crippen molar-refractivity contribution in [3.8, 4) is 0 Å². The average Bonchev–Trinajstić information content (AvgIpc) is 2.22. The molecule has 1 aromatic rings. The van der Waals surface area contributed by atoms with Crippen LogP contribution in [0.2, 0.25) is 0 Å². The van der Waals surface area contributed by atoms with Gasteiger partial charge in [-0.05, 0) is 49.3 Å². The maximum absolute atomic E-state index is 5.85. The molecule has 0 aromatic heterocycles. The third-order valence-corrected chi connectivity index (χ3v) is 3.83. The fourth-order valence-electron chi connectivity index (χ4n) is 2.84. The molecule has 0 amide bonds. The smallest absolute Gasteiger partial charge is 0.0392 e. The molecule has 0 aliphatic heterocycles. The van der Waals surface area contributed by atoms with E-state index in [-0.39, 0.29) is 0 Å². The molecule has 1 fully saturated rings. The Kier molecular flexibility index (Phi) is 3.32. The summed E-state index contributed by atoms with van der Waals surface area (Å²) in [5.41, 5.74) is 9.64. The van der Waals surface area contributed by atoms with Gasteiger partial charge >= 0.3 is 0 Å². The third kappa shape index (κ3) is 3.15. The molecule has 2 nitrogen and oxygen atoms in total. The molecule has 1 saturated carbocycles. The Morgan fingerprint density at radius 2 is 2.12 bits per heavy atom. The van der Waals surface area contributed by atoms with Crippen LogP contribution in [-0.2, 0) is 0 Å². The van der Waals surface area contributed by atoms with Crippen LogP contribution in [0.25, 0.3) is 0 Å². The fourth-order valence-corrected chi connectivity index (χ4v) is 2.84. The Labute approximate surface area is 105 Å². The molecule has 0 heterocycles. The lowest BCUT2D eigenvalue weighted by Crippen LogP contribution is -2.31. The number of nitrogens with one attached hydrogen (secondary N) is 1. The van der Waals surface area contributed by atoms with E-state index in [0.29, 0.717) is 11.5 Å². The van der Waals surface area contributed by atoms with Crippen molar-refractivity contribution in [3.05, 3.63) is 23.8 Å². The van der Waals surface area contributed by atoms with Crippen LogP contribution >= 0.6 is 0 Å². The van der Waals surface area contributed by atoms with Crippen molar-refractivity contribution in [1.82, 2.24) is 0 Å². The Hall–Kier alpha value is -1.18. The second-order valence-electron chi connectivity index (χ2n) is 6.18. The summed E-state index contributed by atoms with van der Waals surface area (Å²) in [4.78, 5) is 0. The number of anilines is 2. The summed E-state index contributed by atoms with van der Waals surface area (Å²) in [5.74, 6) is 0. The van der Waals surface area contributed by atoms with Crippen molar-refractivity contribution in [2.24, 2.45) is 5.41 Å². The van der Waals surface area contributed by atoms with Crippen LogP contribution in [-0.4, -0.2) is 6.04 Å². The lowest BCUT2D eigenvalue weighted by Gasteiger charge is -2.36. The minimum atomic E-state index is 0.476. The van der Waals surface area contributed by atoms with E-state index in [1.54, 1.807) is 0 Å². The second-order valence-corrected chi connectivity index (χ2v) is 6.18. The number of benzene rings is 1. The Balaban J connectivity index is 2.07. The van der Waals surface area contributed by atoms with Gasteiger partial charge in [0.2, 0.25) is 0 Å². The van der Waals surface area contributed by atoms with Crippen LogP contribution in [0.1, 0.15) is 45.1 Å². The molecule has 3 N–H and O–H groups in total. The molecule has 1 atom stereocenters. The van der Waals surface area contributed by atoms with Crippen molar-refractivity contribution in [1.29, 1.82) is 0 Å². The summed E-state index contributed by atoms with van der Waals surface area (Å²) in [7, 11) is 0. The highest BCUT2D eigenvalue weighted by atomic mass is 14.9. The molecule has 2 rings (SSSR count). The van der Waals surface area contributed by atoms with Crippen molar-refractivity contribution in [2.45, 2.75) is 52.5 Å². The summed E-state index contributed by atoms with van der Waals surface area (Å²) >= 11 is 0. The molecule has 1 aliphatic rings. The van der Waals surface area contributed by atoms with Crippen LogP contribution in [0, 0.1) is 12.3 Å². The predicted octanol–water partition coefficient (Wildman–Crippen LogP) is 3.96. The summed E-state index contributed by atoms with van der Waals surface area (Å²) in [6, 6.07) is 6.70. The first-order valence-electron chi connectivity index (χ1n) is 6.59. The van der Waals surface area contributed by atoms with Gasteiger partial charge in [-0.2, -0.15) is 0 Å². The summed E-state index contributed by atoms with van der Waals surface area (Å²) in [5, 5.41) is 3.67. The number of aryl methyl sites for hydroxylation is 1. The van der Waals surface area contributed by atoms with E-state index in [4.69, 9.17) is 5.73 Å². The van der Waals surface area contributed by atoms with Gasteiger partial charge in [-0.3, -0.25) is 0 Å². The normalized spacial score (nSPS) is 23.4. The molecule has 0 spiro atoms. The van der Waals surface area contributed by atoms with Crippen molar-refractivity contribution < 1.29 is 0 Å². The van der Waals surface area contributed by atoms with Crippen LogP contribution in [0.3, 0.4) is 0 Å². The van der Waals surface area contributed by atoms with Gasteiger partial charge in [-0.15, -0.1) is 0 Å². The first-order chi connectivity index (χ1) is 7.96. The summed E-state index contributed by atoms with van der Waals surface area (Å²) < 4.78 is 0. The van der Waals surface area contributed by atoms with Crippen molar-refractivity contribution in [3.63, 3.8) is 0 Å². The van der Waals surface area contributed by atoms with Crippen molar-refractivity contribution >= 4 is 11.4 Å². The highest BCUT2D eigenvalue weighted by Crippen LogP contribution is 2.36. The highest BCUT2D eigenvalue weighted by molar-refractivity contribution is 5.59. The predicted molar refractivity (Wildman–Crippen MR) is 75.3 cm³/mol. The maximum Gasteiger partial charge on any atom is 0.0392 e. The standard InChI is InChI=1S/C15H24N2/c1-11-6-7-12(16)9-14(11)17-13-5-4-8-15(2,3)10-13/h6-7,9,13,17H,4-5,8,10,16H2,1-3H3. The lowest BCUT2D eigenvalue weighted by atomic mass is 9.75. The van der Waals surface area contributed by atoms with E-state index >= 15 is 0 Å². The van der Waals surface area contributed by atoms with Crippen LogP contribution in [0.15, 0.2) is 18.2 Å². The van der Waals surface area contributed by atoms with E-state index in [2.05, 4.69) is 38.2 Å². The zero-order chi connectivity index (χ0) is 12.5. The monoisotopic (exact) mass is 232 g/mol. The Bertz CT molecular complexity index is 396. The van der Waals surface area contributed by atoms with Gasteiger partial charge in [0, 0.05) is 17.4 Å². The summed E-state index contributed by atoms with van der Waals surface area (Å²) in [6.07, 6.45) is 5.20. The topological polar surface area (TPSA) is 38.0 Å². The van der Waals surface area contributed by atoms with E-state index in [1.807, 2.05) is 6.07 Å². The van der Waals surface area contributed by atoms with Gasteiger partial charge in [-0.1, -0.05) is 26.3 Å². The minimum Gasteiger partial charge on any atom is -0.399 e.